The van der Waals surface area contributed by atoms with E-state index in [2.05, 4.69) is 20.7 Å². The van der Waals surface area contributed by atoms with Crippen LogP contribution < -0.4 is 21.3 Å². The molecule has 1 heterocycles. The summed E-state index contributed by atoms with van der Waals surface area (Å²) >= 11 is 0. The van der Waals surface area contributed by atoms with Crippen molar-refractivity contribution in [3.63, 3.8) is 0 Å². The van der Waals surface area contributed by atoms with Crippen LogP contribution in [0.5, 0.6) is 5.75 Å². The molecule has 0 amide bonds. The number of nitrogen functional groups attached to an aromatic ring is 1. The Morgan fingerprint density at radius 1 is 1.17 bits per heavy atom. The average molecular weight is 245 g/mol. The van der Waals surface area contributed by atoms with Crippen molar-refractivity contribution in [3.8, 4) is 5.75 Å². The number of benzene rings is 1. The Bertz CT molecular complexity index is 544. The van der Waals surface area contributed by atoms with Crippen molar-refractivity contribution in [3.05, 3.63) is 36.2 Å². The topological polar surface area (TPSA) is 85.1 Å². The van der Waals surface area contributed by atoms with Crippen LogP contribution >= 0.6 is 0 Å². The van der Waals surface area contributed by atoms with Gasteiger partial charge in [-0.1, -0.05) is 6.07 Å². The number of methoxy groups -OCH3 is 1. The maximum absolute atomic E-state index is 5.30. The molecule has 94 valence electrons. The number of nitrogens with zero attached hydrogens (tertiary/aromatic N) is 2. The molecular formula is C12H15N5O. The number of aromatic nitrogens is 2. The molecule has 0 saturated carbocycles. The lowest BCUT2D eigenvalue weighted by Crippen LogP contribution is -2.09. The van der Waals surface area contributed by atoms with Crippen LogP contribution in [-0.4, -0.2) is 17.1 Å². The molecule has 18 heavy (non-hydrogen) atoms. The van der Waals surface area contributed by atoms with Gasteiger partial charge in [-0.25, -0.2) is 15.8 Å². The zero-order valence-electron chi connectivity index (χ0n) is 10.3. The predicted molar refractivity (Wildman–Crippen MR) is 70.9 cm³/mol. The summed E-state index contributed by atoms with van der Waals surface area (Å²) in [5.41, 5.74) is 4.45. The van der Waals surface area contributed by atoms with Gasteiger partial charge in [0.05, 0.1) is 12.8 Å². The molecule has 2 aromatic rings. The van der Waals surface area contributed by atoms with Gasteiger partial charge in [-0.2, -0.15) is 0 Å². The lowest BCUT2D eigenvalue weighted by Gasteiger charge is -2.11. The highest BCUT2D eigenvalue weighted by molar-refractivity contribution is 5.66. The minimum atomic E-state index is 0.541. The zero-order chi connectivity index (χ0) is 13.0. The number of aryl methyl sites for hydroxylation is 1. The van der Waals surface area contributed by atoms with E-state index in [1.54, 1.807) is 13.2 Å². The van der Waals surface area contributed by atoms with Crippen molar-refractivity contribution in [2.24, 2.45) is 5.84 Å². The highest BCUT2D eigenvalue weighted by Gasteiger charge is 2.05. The molecule has 0 atom stereocenters. The molecule has 0 fully saturated rings. The van der Waals surface area contributed by atoms with Gasteiger partial charge in [-0.15, -0.1) is 0 Å². The van der Waals surface area contributed by atoms with Crippen LogP contribution in [0.1, 0.15) is 5.56 Å². The van der Waals surface area contributed by atoms with Crippen LogP contribution in [-0.2, 0) is 0 Å². The molecule has 0 radical (unpaired) electrons. The Morgan fingerprint density at radius 3 is 2.67 bits per heavy atom. The molecule has 6 heteroatoms. The number of hydrogen-bond acceptors (Lipinski definition) is 6. The van der Waals surface area contributed by atoms with Gasteiger partial charge in [0.15, 0.2) is 0 Å². The summed E-state index contributed by atoms with van der Waals surface area (Å²) in [6, 6.07) is 7.58. The number of nitrogens with two attached hydrogens (primary N) is 1. The van der Waals surface area contributed by atoms with Crippen LogP contribution in [0, 0.1) is 6.92 Å². The van der Waals surface area contributed by atoms with Crippen molar-refractivity contribution in [1.29, 1.82) is 0 Å². The molecule has 1 aromatic carbocycles. The molecular weight excluding hydrogens is 230 g/mol. The fraction of sp³-hybridized carbons (Fsp3) is 0.167. The van der Waals surface area contributed by atoms with E-state index in [1.165, 1.54) is 6.33 Å². The van der Waals surface area contributed by atoms with Crippen LogP contribution in [0.4, 0.5) is 17.3 Å². The Labute approximate surface area is 105 Å². The number of nitrogens with one attached hydrogen (secondary N) is 2. The summed E-state index contributed by atoms with van der Waals surface area (Å²) in [6.07, 6.45) is 1.43. The van der Waals surface area contributed by atoms with Gasteiger partial charge < -0.3 is 15.5 Å². The fourth-order valence-corrected chi connectivity index (χ4v) is 1.56. The Balaban J connectivity index is 2.29. The lowest BCUT2D eigenvalue weighted by atomic mass is 10.2. The predicted octanol–water partition coefficient (Wildman–Crippen LogP) is 1.82. The maximum Gasteiger partial charge on any atom is 0.145 e. The van der Waals surface area contributed by atoms with E-state index in [0.29, 0.717) is 11.6 Å². The average Bonchev–Trinajstić information content (AvgIpc) is 2.39. The van der Waals surface area contributed by atoms with E-state index < -0.39 is 0 Å². The number of hydrazine groups is 1. The third-order valence-corrected chi connectivity index (χ3v) is 2.43. The second kappa shape index (κ2) is 5.33. The maximum atomic E-state index is 5.30. The van der Waals surface area contributed by atoms with E-state index in [9.17, 15) is 0 Å². The quantitative estimate of drug-likeness (QED) is 0.563. The first kappa shape index (κ1) is 12.1. The second-order valence-electron chi connectivity index (χ2n) is 3.76. The molecule has 0 aliphatic rings. The molecule has 0 aliphatic heterocycles. The normalized spacial score (nSPS) is 9.94. The van der Waals surface area contributed by atoms with Crippen molar-refractivity contribution < 1.29 is 4.74 Å². The Kier molecular flexibility index (Phi) is 3.59. The van der Waals surface area contributed by atoms with Gasteiger partial charge in [0.25, 0.3) is 0 Å². The molecule has 0 spiro atoms. The van der Waals surface area contributed by atoms with E-state index in [0.717, 1.165) is 17.0 Å². The van der Waals surface area contributed by atoms with Gasteiger partial charge in [-0.3, -0.25) is 0 Å². The summed E-state index contributed by atoms with van der Waals surface area (Å²) in [5, 5.41) is 3.17. The minimum absolute atomic E-state index is 0.541. The van der Waals surface area contributed by atoms with Crippen molar-refractivity contribution in [2.75, 3.05) is 17.9 Å². The highest BCUT2D eigenvalue weighted by Crippen LogP contribution is 2.28. The lowest BCUT2D eigenvalue weighted by molar-refractivity contribution is 0.416. The van der Waals surface area contributed by atoms with E-state index in [1.807, 2.05) is 25.1 Å². The second-order valence-corrected chi connectivity index (χ2v) is 3.76. The first-order valence-electron chi connectivity index (χ1n) is 5.43. The first-order chi connectivity index (χ1) is 8.72. The van der Waals surface area contributed by atoms with Gasteiger partial charge in [0.1, 0.15) is 23.7 Å². The number of anilines is 3. The van der Waals surface area contributed by atoms with E-state index in [-0.39, 0.29) is 0 Å². The standard InChI is InChI=1S/C12H15N5O/c1-8-3-4-10(18-2)9(5-8)16-11-6-12(17-13)15-7-14-11/h3-7H,13H2,1-2H3,(H2,14,15,16,17). The SMILES string of the molecule is COc1ccc(C)cc1Nc1cc(NN)ncn1. The van der Waals surface area contributed by atoms with Crippen LogP contribution in [0.2, 0.25) is 0 Å². The van der Waals surface area contributed by atoms with E-state index in [4.69, 9.17) is 10.6 Å². The van der Waals surface area contributed by atoms with Crippen LogP contribution in [0.25, 0.3) is 0 Å². The number of hydrogen-bond donors (Lipinski definition) is 3. The summed E-state index contributed by atoms with van der Waals surface area (Å²) in [5.74, 6) is 7.23. The van der Waals surface area contributed by atoms with Crippen LogP contribution in [0.3, 0.4) is 0 Å². The Morgan fingerprint density at radius 2 is 1.94 bits per heavy atom. The third-order valence-electron chi connectivity index (χ3n) is 2.43. The zero-order valence-corrected chi connectivity index (χ0v) is 10.3. The van der Waals surface area contributed by atoms with E-state index >= 15 is 0 Å². The Hall–Kier alpha value is -2.34. The smallest absolute Gasteiger partial charge is 0.145 e. The van der Waals surface area contributed by atoms with Crippen molar-refractivity contribution in [1.82, 2.24) is 9.97 Å². The summed E-state index contributed by atoms with van der Waals surface area (Å²) in [7, 11) is 1.63. The fourth-order valence-electron chi connectivity index (χ4n) is 1.56. The summed E-state index contributed by atoms with van der Waals surface area (Å²) in [4.78, 5) is 8.06. The molecule has 4 N–H and O–H groups in total. The molecule has 1 aromatic heterocycles. The highest BCUT2D eigenvalue weighted by atomic mass is 16.5. The molecule has 0 aliphatic carbocycles. The molecule has 2 rings (SSSR count). The number of ether oxygens (including phenoxy) is 1. The first-order valence-corrected chi connectivity index (χ1v) is 5.43. The van der Waals surface area contributed by atoms with Crippen LogP contribution in [0.15, 0.2) is 30.6 Å². The monoisotopic (exact) mass is 245 g/mol. The third kappa shape index (κ3) is 2.67. The van der Waals surface area contributed by atoms with Gasteiger partial charge >= 0.3 is 0 Å². The van der Waals surface area contributed by atoms with Gasteiger partial charge in [0, 0.05) is 6.07 Å². The van der Waals surface area contributed by atoms with Gasteiger partial charge in [-0.05, 0) is 24.6 Å². The molecule has 0 bridgehead atoms. The molecule has 0 unspecified atom stereocenters. The largest absolute Gasteiger partial charge is 0.495 e. The van der Waals surface area contributed by atoms with Gasteiger partial charge in [0.2, 0.25) is 0 Å². The molecule has 6 nitrogen and oxygen atoms in total. The summed E-state index contributed by atoms with van der Waals surface area (Å²) in [6.45, 7) is 2.01. The minimum Gasteiger partial charge on any atom is -0.495 e. The molecule has 0 saturated heterocycles. The summed E-state index contributed by atoms with van der Waals surface area (Å²) < 4.78 is 5.28. The van der Waals surface area contributed by atoms with Crippen molar-refractivity contribution >= 4 is 17.3 Å². The van der Waals surface area contributed by atoms with Crippen molar-refractivity contribution in [2.45, 2.75) is 6.92 Å². The number of rotatable bonds is 4.